The van der Waals surface area contributed by atoms with Crippen LogP contribution in [0.25, 0.3) is 0 Å². The molecule has 2 N–H and O–H groups in total. The lowest BCUT2D eigenvalue weighted by Gasteiger charge is -2.35. The molecule has 0 bridgehead atoms. The van der Waals surface area contributed by atoms with Crippen molar-refractivity contribution >= 4 is 0 Å². The molecule has 0 unspecified atom stereocenters. The molecule has 12 heavy (non-hydrogen) atoms. The average molecular weight is 173 g/mol. The van der Waals surface area contributed by atoms with Gasteiger partial charge < -0.3 is 5.73 Å². The topological polar surface area (TPSA) is 26.0 Å². The lowest BCUT2D eigenvalue weighted by molar-refractivity contribution is 0.00353. The van der Waals surface area contributed by atoms with E-state index in [9.17, 15) is 8.78 Å². The molecular weight excluding hydrogens is 160 g/mol. The number of alkyl halides is 2. The third-order valence-corrected chi connectivity index (χ3v) is 4.41. The Morgan fingerprint density at radius 3 is 2.08 bits per heavy atom. The molecule has 3 rings (SSSR count). The summed E-state index contributed by atoms with van der Waals surface area (Å²) in [5.41, 5.74) is 4.35. The zero-order valence-electron chi connectivity index (χ0n) is 6.95. The van der Waals surface area contributed by atoms with E-state index in [1.54, 1.807) is 0 Å². The Labute approximate surface area is 70.3 Å². The van der Waals surface area contributed by atoms with E-state index in [1.165, 1.54) is 0 Å². The van der Waals surface area contributed by atoms with Crippen LogP contribution in [-0.2, 0) is 0 Å². The van der Waals surface area contributed by atoms with Crippen LogP contribution < -0.4 is 5.73 Å². The maximum absolute atomic E-state index is 13.3. The van der Waals surface area contributed by atoms with Gasteiger partial charge in [0.15, 0.2) is 0 Å². The van der Waals surface area contributed by atoms with E-state index in [-0.39, 0.29) is 0 Å². The molecule has 68 valence electrons. The molecule has 0 amide bonds. The van der Waals surface area contributed by atoms with Crippen molar-refractivity contribution in [3.63, 3.8) is 0 Å². The van der Waals surface area contributed by atoms with E-state index in [1.807, 2.05) is 0 Å². The fourth-order valence-electron chi connectivity index (χ4n) is 3.40. The summed E-state index contributed by atoms with van der Waals surface area (Å²) in [7, 11) is 0. The first-order valence-corrected chi connectivity index (χ1v) is 4.68. The van der Waals surface area contributed by atoms with Crippen LogP contribution in [0.4, 0.5) is 8.78 Å². The standard InChI is InChI=1S/C9H13F2N/c10-9(11)7(1-2-7)8(9)3-6(4-8)5-12/h6H,1-5,12H2. The quantitative estimate of drug-likeness (QED) is 0.642. The van der Waals surface area contributed by atoms with Gasteiger partial charge in [0.05, 0.1) is 0 Å². The van der Waals surface area contributed by atoms with Crippen LogP contribution in [0, 0.1) is 16.7 Å². The normalized spacial score (nSPS) is 50.8. The molecule has 1 nitrogen and oxygen atoms in total. The minimum atomic E-state index is -2.33. The lowest BCUT2D eigenvalue weighted by atomic mass is 9.69. The highest BCUT2D eigenvalue weighted by atomic mass is 19.3. The molecule has 3 fully saturated rings. The molecule has 3 aliphatic rings. The van der Waals surface area contributed by atoms with E-state index < -0.39 is 16.8 Å². The molecule has 3 saturated carbocycles. The molecule has 0 aromatic heterocycles. The van der Waals surface area contributed by atoms with Crippen molar-refractivity contribution in [3.8, 4) is 0 Å². The van der Waals surface area contributed by atoms with Gasteiger partial charge in [0.2, 0.25) is 0 Å². The van der Waals surface area contributed by atoms with Crippen LogP contribution in [0.2, 0.25) is 0 Å². The van der Waals surface area contributed by atoms with E-state index in [4.69, 9.17) is 5.73 Å². The summed E-state index contributed by atoms with van der Waals surface area (Å²) in [6.45, 7) is 0.591. The molecule has 2 spiro atoms. The first-order valence-electron chi connectivity index (χ1n) is 4.68. The molecule has 0 radical (unpaired) electrons. The van der Waals surface area contributed by atoms with Crippen molar-refractivity contribution < 1.29 is 8.78 Å². The van der Waals surface area contributed by atoms with Crippen LogP contribution in [-0.4, -0.2) is 12.5 Å². The summed E-state index contributed by atoms with van der Waals surface area (Å²) >= 11 is 0. The third kappa shape index (κ3) is 0.437. The number of hydrogen-bond donors (Lipinski definition) is 1. The van der Waals surface area contributed by atoms with Gasteiger partial charge in [-0.15, -0.1) is 0 Å². The van der Waals surface area contributed by atoms with Gasteiger partial charge in [-0.1, -0.05) is 0 Å². The van der Waals surface area contributed by atoms with Crippen molar-refractivity contribution in [2.24, 2.45) is 22.5 Å². The Balaban J connectivity index is 1.81. The first kappa shape index (κ1) is 7.25. The second kappa shape index (κ2) is 1.57. The van der Waals surface area contributed by atoms with Gasteiger partial charge in [-0.2, -0.15) is 0 Å². The molecule has 0 aromatic carbocycles. The second-order valence-electron chi connectivity index (χ2n) is 4.75. The van der Waals surface area contributed by atoms with Gasteiger partial charge >= 0.3 is 0 Å². The van der Waals surface area contributed by atoms with Gasteiger partial charge in [0.1, 0.15) is 0 Å². The maximum atomic E-state index is 13.3. The maximum Gasteiger partial charge on any atom is 0.260 e. The fraction of sp³-hybridized carbons (Fsp3) is 1.00. The largest absolute Gasteiger partial charge is 0.330 e. The van der Waals surface area contributed by atoms with Crippen LogP contribution in [0.1, 0.15) is 25.7 Å². The van der Waals surface area contributed by atoms with Crippen molar-refractivity contribution in [1.82, 2.24) is 0 Å². The predicted molar refractivity (Wildman–Crippen MR) is 40.8 cm³/mol. The van der Waals surface area contributed by atoms with Crippen LogP contribution in [0.3, 0.4) is 0 Å². The predicted octanol–water partition coefficient (Wildman–Crippen LogP) is 1.77. The first-order chi connectivity index (χ1) is 5.60. The Kier molecular flexibility index (Phi) is 0.945. The van der Waals surface area contributed by atoms with Crippen molar-refractivity contribution in [1.29, 1.82) is 0 Å². The molecule has 0 aliphatic heterocycles. The Morgan fingerprint density at radius 2 is 1.75 bits per heavy atom. The Bertz CT molecular complexity index is 233. The van der Waals surface area contributed by atoms with Gasteiger partial charge in [-0.25, -0.2) is 8.78 Å². The molecule has 3 aliphatic carbocycles. The van der Waals surface area contributed by atoms with E-state index in [0.29, 0.717) is 25.3 Å². The molecule has 3 heteroatoms. The van der Waals surface area contributed by atoms with E-state index in [0.717, 1.165) is 12.8 Å². The van der Waals surface area contributed by atoms with Crippen LogP contribution in [0.15, 0.2) is 0 Å². The van der Waals surface area contributed by atoms with Crippen LogP contribution in [0.5, 0.6) is 0 Å². The second-order valence-corrected chi connectivity index (χ2v) is 4.75. The lowest BCUT2D eigenvalue weighted by Crippen LogP contribution is -2.35. The van der Waals surface area contributed by atoms with Crippen LogP contribution >= 0.6 is 0 Å². The third-order valence-electron chi connectivity index (χ3n) is 4.41. The molecule has 0 aromatic rings. The molecular formula is C9H13F2N. The summed E-state index contributed by atoms with van der Waals surface area (Å²) in [4.78, 5) is 0. The van der Waals surface area contributed by atoms with Crippen molar-refractivity contribution in [3.05, 3.63) is 0 Å². The summed E-state index contributed by atoms with van der Waals surface area (Å²) in [5.74, 6) is -1.94. The monoisotopic (exact) mass is 173 g/mol. The number of rotatable bonds is 1. The number of halogens is 2. The Morgan fingerprint density at radius 1 is 1.17 bits per heavy atom. The summed E-state index contributed by atoms with van der Waals surface area (Å²) in [6, 6.07) is 0. The number of nitrogens with two attached hydrogens (primary N) is 1. The van der Waals surface area contributed by atoms with Crippen molar-refractivity contribution in [2.75, 3.05) is 6.54 Å². The summed E-state index contributed by atoms with van der Waals surface area (Å²) < 4.78 is 26.7. The van der Waals surface area contributed by atoms with Gasteiger partial charge in [0, 0.05) is 10.8 Å². The minimum absolute atomic E-state index is 0.385. The zero-order chi connectivity index (χ0) is 8.61. The summed E-state index contributed by atoms with van der Waals surface area (Å²) in [6.07, 6.45) is 2.90. The highest BCUT2D eigenvalue weighted by Gasteiger charge is 2.97. The van der Waals surface area contributed by atoms with E-state index >= 15 is 0 Å². The number of hydrogen-bond acceptors (Lipinski definition) is 1. The number of fused-ring (bicyclic) bond motifs is 1. The fourth-order valence-corrected chi connectivity index (χ4v) is 3.40. The highest BCUT2D eigenvalue weighted by Crippen LogP contribution is 2.93. The molecule has 0 atom stereocenters. The molecule has 0 heterocycles. The van der Waals surface area contributed by atoms with Gasteiger partial charge in [-0.05, 0) is 38.1 Å². The molecule has 0 saturated heterocycles. The van der Waals surface area contributed by atoms with Gasteiger partial charge in [0.25, 0.3) is 5.92 Å². The highest BCUT2D eigenvalue weighted by molar-refractivity contribution is 5.38. The minimum Gasteiger partial charge on any atom is -0.330 e. The summed E-state index contributed by atoms with van der Waals surface area (Å²) in [5, 5.41) is 0. The van der Waals surface area contributed by atoms with E-state index in [2.05, 4.69) is 0 Å². The Hall–Kier alpha value is -0.180. The average Bonchev–Trinajstić information content (AvgIpc) is 2.72. The van der Waals surface area contributed by atoms with Crippen molar-refractivity contribution in [2.45, 2.75) is 31.6 Å². The smallest absolute Gasteiger partial charge is 0.260 e. The zero-order valence-corrected chi connectivity index (χ0v) is 6.95. The SMILES string of the molecule is NCC1CC2(C1)C(F)(F)C21CC1. The van der Waals surface area contributed by atoms with Gasteiger partial charge in [-0.3, -0.25) is 0 Å².